The highest BCUT2D eigenvalue weighted by Crippen LogP contribution is 2.29. The van der Waals surface area contributed by atoms with Crippen LogP contribution >= 0.6 is 27.3 Å². The van der Waals surface area contributed by atoms with Crippen molar-refractivity contribution in [2.24, 2.45) is 5.73 Å². The lowest BCUT2D eigenvalue weighted by Gasteiger charge is -2.07. The summed E-state index contributed by atoms with van der Waals surface area (Å²) in [6.45, 7) is 0.177. The molecule has 0 spiro atoms. The van der Waals surface area contributed by atoms with Crippen molar-refractivity contribution >= 4 is 49.2 Å². The number of nitrogens with one attached hydrogen (secondary N) is 2. The van der Waals surface area contributed by atoms with Crippen LogP contribution in [0.1, 0.15) is 15.2 Å². The summed E-state index contributed by atoms with van der Waals surface area (Å²) in [6.07, 6.45) is 0. The number of carbonyl (C=O) groups is 2. The molecule has 0 radical (unpaired) electrons. The van der Waals surface area contributed by atoms with Gasteiger partial charge in [-0.3, -0.25) is 4.79 Å². The van der Waals surface area contributed by atoms with Crippen LogP contribution in [0.5, 0.6) is 0 Å². The number of hydrogen-bond donors (Lipinski definition) is 3. The van der Waals surface area contributed by atoms with Gasteiger partial charge < -0.3 is 11.1 Å². The average Bonchev–Trinajstić information content (AvgIpc) is 3.17. The van der Waals surface area contributed by atoms with Crippen molar-refractivity contribution in [3.8, 4) is 10.4 Å². The van der Waals surface area contributed by atoms with Crippen LogP contribution in [-0.4, -0.2) is 20.4 Å². The molecule has 0 atom stereocenters. The van der Waals surface area contributed by atoms with Crippen LogP contribution in [0.15, 0.2) is 70.0 Å². The third kappa shape index (κ3) is 5.43. The maximum absolute atomic E-state index is 12.5. The van der Waals surface area contributed by atoms with Gasteiger partial charge in [-0.1, -0.05) is 40.2 Å². The third-order valence-corrected chi connectivity index (χ3v) is 6.89. The van der Waals surface area contributed by atoms with Crippen LogP contribution in [0.25, 0.3) is 10.4 Å². The zero-order valence-corrected chi connectivity index (χ0v) is 18.1. The molecule has 2 aromatic carbocycles. The molecule has 0 aliphatic rings. The number of sulfonamides is 1. The molecule has 3 amide bonds. The molecule has 29 heavy (non-hydrogen) atoms. The van der Waals surface area contributed by atoms with Crippen molar-refractivity contribution in [2.75, 3.05) is 0 Å². The standard InChI is InChI=1S/C19H16BrN3O4S2/c20-14-5-3-13(4-6-14)16-9-10-17(28-16)18(24)23-29(26,27)15-7-1-12(2-8-15)11-22-19(21)25/h1-10H,11H2,(H,23,24)(H3,21,22,25). The molecule has 10 heteroatoms. The molecule has 0 unspecified atom stereocenters. The number of rotatable bonds is 6. The molecular formula is C19H16BrN3O4S2. The fourth-order valence-electron chi connectivity index (χ4n) is 2.44. The summed E-state index contributed by atoms with van der Waals surface area (Å²) >= 11 is 4.57. The maximum atomic E-state index is 12.5. The van der Waals surface area contributed by atoms with Crippen molar-refractivity contribution in [2.45, 2.75) is 11.4 Å². The second kappa shape index (κ2) is 8.76. The second-order valence-corrected chi connectivity index (χ2v) is 9.65. The van der Waals surface area contributed by atoms with Crippen molar-refractivity contribution in [1.82, 2.24) is 10.0 Å². The molecule has 1 heterocycles. The van der Waals surface area contributed by atoms with Crippen molar-refractivity contribution in [1.29, 1.82) is 0 Å². The van der Waals surface area contributed by atoms with Crippen LogP contribution in [0.2, 0.25) is 0 Å². The first kappa shape index (κ1) is 21.0. The van der Waals surface area contributed by atoms with E-state index in [1.54, 1.807) is 12.1 Å². The fraction of sp³-hybridized carbons (Fsp3) is 0.0526. The highest BCUT2D eigenvalue weighted by atomic mass is 79.9. The van der Waals surface area contributed by atoms with E-state index in [1.165, 1.54) is 35.6 Å². The van der Waals surface area contributed by atoms with Crippen LogP contribution in [-0.2, 0) is 16.6 Å². The molecule has 1 aromatic heterocycles. The molecule has 3 aromatic rings. The van der Waals surface area contributed by atoms with Gasteiger partial charge in [0.05, 0.1) is 9.77 Å². The van der Waals surface area contributed by atoms with E-state index in [4.69, 9.17) is 5.73 Å². The molecule has 0 fully saturated rings. The molecule has 3 rings (SSSR count). The Morgan fingerprint density at radius 1 is 0.966 bits per heavy atom. The largest absolute Gasteiger partial charge is 0.352 e. The van der Waals surface area contributed by atoms with Crippen LogP contribution < -0.4 is 15.8 Å². The number of halogens is 1. The number of carbonyl (C=O) groups excluding carboxylic acids is 2. The van der Waals surface area contributed by atoms with Gasteiger partial charge in [-0.2, -0.15) is 0 Å². The lowest BCUT2D eigenvalue weighted by Crippen LogP contribution is -2.30. The van der Waals surface area contributed by atoms with Gasteiger partial charge in [0.2, 0.25) is 0 Å². The van der Waals surface area contributed by atoms with Gasteiger partial charge in [-0.25, -0.2) is 17.9 Å². The van der Waals surface area contributed by atoms with Crippen LogP contribution in [0.3, 0.4) is 0 Å². The number of benzene rings is 2. The number of primary amides is 1. The molecule has 0 saturated heterocycles. The summed E-state index contributed by atoms with van der Waals surface area (Å²) in [4.78, 5) is 24.2. The van der Waals surface area contributed by atoms with E-state index in [0.29, 0.717) is 5.56 Å². The quantitative estimate of drug-likeness (QED) is 0.486. The van der Waals surface area contributed by atoms with E-state index in [9.17, 15) is 18.0 Å². The van der Waals surface area contributed by atoms with E-state index < -0.39 is 22.0 Å². The zero-order chi connectivity index (χ0) is 21.0. The van der Waals surface area contributed by atoms with E-state index in [1.807, 2.05) is 24.3 Å². The van der Waals surface area contributed by atoms with Crippen LogP contribution in [0, 0.1) is 0 Å². The zero-order valence-electron chi connectivity index (χ0n) is 14.9. The Kier molecular flexibility index (Phi) is 6.36. The first-order valence-corrected chi connectivity index (χ1v) is 11.4. The summed E-state index contributed by atoms with van der Waals surface area (Å²) in [5.41, 5.74) is 6.60. The lowest BCUT2D eigenvalue weighted by atomic mass is 10.2. The van der Waals surface area contributed by atoms with Crippen LogP contribution in [0.4, 0.5) is 4.79 Å². The third-order valence-electron chi connectivity index (χ3n) is 3.89. The topological polar surface area (TPSA) is 118 Å². The molecular weight excluding hydrogens is 478 g/mol. The van der Waals surface area contributed by atoms with Gasteiger partial charge >= 0.3 is 6.03 Å². The smallest absolute Gasteiger partial charge is 0.312 e. The highest BCUT2D eigenvalue weighted by Gasteiger charge is 2.20. The SMILES string of the molecule is NC(=O)NCc1ccc(S(=O)(=O)NC(=O)c2ccc(-c3ccc(Br)cc3)s2)cc1. The van der Waals surface area contributed by atoms with Gasteiger partial charge in [0.1, 0.15) is 0 Å². The minimum Gasteiger partial charge on any atom is -0.352 e. The Bertz CT molecular complexity index is 1140. The maximum Gasteiger partial charge on any atom is 0.312 e. The number of nitrogens with two attached hydrogens (primary N) is 1. The van der Waals surface area contributed by atoms with Crippen molar-refractivity contribution in [3.05, 3.63) is 75.6 Å². The predicted octanol–water partition coefficient (Wildman–Crippen LogP) is 3.46. The Morgan fingerprint density at radius 3 is 2.24 bits per heavy atom. The average molecular weight is 494 g/mol. The number of amides is 3. The Morgan fingerprint density at radius 2 is 1.62 bits per heavy atom. The van der Waals surface area contributed by atoms with E-state index in [-0.39, 0.29) is 16.3 Å². The predicted molar refractivity (Wildman–Crippen MR) is 115 cm³/mol. The Labute approximate surface area is 180 Å². The summed E-state index contributed by atoms with van der Waals surface area (Å²) in [6, 6.07) is 16.1. The van der Waals surface area contributed by atoms with Gasteiger partial charge in [0.15, 0.2) is 0 Å². The molecule has 0 saturated carbocycles. The molecule has 4 N–H and O–H groups in total. The monoisotopic (exact) mass is 493 g/mol. The highest BCUT2D eigenvalue weighted by molar-refractivity contribution is 9.10. The number of hydrogen-bond acceptors (Lipinski definition) is 5. The molecule has 0 bridgehead atoms. The summed E-state index contributed by atoms with van der Waals surface area (Å²) in [5.74, 6) is -0.696. The minimum absolute atomic E-state index is 0.0571. The first-order valence-electron chi connectivity index (χ1n) is 8.30. The van der Waals surface area contributed by atoms with Gasteiger partial charge in [-0.05, 0) is 47.5 Å². The summed E-state index contributed by atoms with van der Waals surface area (Å²) in [5, 5.41) is 2.41. The van der Waals surface area contributed by atoms with Gasteiger partial charge in [-0.15, -0.1) is 11.3 Å². The second-order valence-electron chi connectivity index (χ2n) is 5.97. The molecule has 0 aliphatic carbocycles. The lowest BCUT2D eigenvalue weighted by molar-refractivity contribution is 0.0985. The van der Waals surface area contributed by atoms with E-state index >= 15 is 0 Å². The summed E-state index contributed by atoms with van der Waals surface area (Å²) in [7, 11) is -4.03. The number of thiophene rings is 1. The molecule has 7 nitrogen and oxygen atoms in total. The first-order chi connectivity index (χ1) is 13.7. The van der Waals surface area contributed by atoms with Gasteiger partial charge in [0, 0.05) is 15.9 Å². The Hall–Kier alpha value is -2.69. The minimum atomic E-state index is -4.03. The molecule has 150 valence electrons. The molecule has 0 aliphatic heterocycles. The van der Waals surface area contributed by atoms with E-state index in [2.05, 4.69) is 26.0 Å². The number of urea groups is 1. The Balaban J connectivity index is 1.71. The van der Waals surface area contributed by atoms with E-state index in [0.717, 1.165) is 14.9 Å². The van der Waals surface area contributed by atoms with Crippen molar-refractivity contribution in [3.63, 3.8) is 0 Å². The van der Waals surface area contributed by atoms with Crippen molar-refractivity contribution < 1.29 is 18.0 Å². The fourth-order valence-corrected chi connectivity index (χ4v) is 4.64. The normalized spacial score (nSPS) is 11.1. The summed E-state index contributed by atoms with van der Waals surface area (Å²) < 4.78 is 28.0. The van der Waals surface area contributed by atoms with Gasteiger partial charge in [0.25, 0.3) is 15.9 Å².